The molecule has 0 saturated heterocycles. The van der Waals surface area contributed by atoms with Gasteiger partial charge in [0.1, 0.15) is 5.75 Å². The van der Waals surface area contributed by atoms with E-state index in [9.17, 15) is 4.79 Å². The van der Waals surface area contributed by atoms with E-state index < -0.39 is 0 Å². The molecule has 0 aliphatic rings. The van der Waals surface area contributed by atoms with Crippen LogP contribution in [0.1, 0.15) is 22.8 Å². The number of hydrogen-bond acceptors (Lipinski definition) is 3. The summed E-state index contributed by atoms with van der Waals surface area (Å²) in [5.41, 5.74) is 2.34. The van der Waals surface area contributed by atoms with Gasteiger partial charge in [-0.25, -0.2) is 0 Å². The Morgan fingerprint density at radius 2 is 1.53 bits per heavy atom. The Kier molecular flexibility index (Phi) is 4.18. The monoisotopic (exact) mass is 255 g/mol. The van der Waals surface area contributed by atoms with E-state index in [2.05, 4.69) is 5.32 Å². The summed E-state index contributed by atoms with van der Waals surface area (Å²) in [5, 5.41) is 3.03. The highest BCUT2D eigenvalue weighted by molar-refractivity contribution is 6.09. The molecule has 0 heterocycles. The van der Waals surface area contributed by atoms with E-state index in [0.29, 0.717) is 17.7 Å². The highest BCUT2D eigenvalue weighted by Gasteiger charge is 2.08. The van der Waals surface area contributed by atoms with Gasteiger partial charge >= 0.3 is 0 Å². The van der Waals surface area contributed by atoms with Crippen LogP contribution in [0.3, 0.4) is 0 Å². The van der Waals surface area contributed by atoms with Gasteiger partial charge in [-0.3, -0.25) is 4.79 Å². The molecule has 1 N–H and O–H groups in total. The number of anilines is 1. The zero-order valence-electron chi connectivity index (χ0n) is 11.1. The molecule has 3 nitrogen and oxygen atoms in total. The largest absolute Gasteiger partial charge is 0.494 e. The van der Waals surface area contributed by atoms with Crippen LogP contribution in [-0.4, -0.2) is 19.4 Å². The molecule has 0 fully saturated rings. The van der Waals surface area contributed by atoms with Crippen molar-refractivity contribution >= 4 is 11.5 Å². The van der Waals surface area contributed by atoms with Gasteiger partial charge in [0.05, 0.1) is 6.61 Å². The summed E-state index contributed by atoms with van der Waals surface area (Å²) < 4.78 is 5.36. The minimum atomic E-state index is 0.0192. The van der Waals surface area contributed by atoms with Crippen LogP contribution in [-0.2, 0) is 0 Å². The molecule has 19 heavy (non-hydrogen) atoms. The van der Waals surface area contributed by atoms with Gasteiger partial charge in [-0.15, -0.1) is 0 Å². The van der Waals surface area contributed by atoms with Crippen LogP contribution in [0.5, 0.6) is 5.75 Å². The molecule has 0 amide bonds. The van der Waals surface area contributed by atoms with E-state index in [1.54, 1.807) is 12.1 Å². The number of carbonyl (C=O) groups is 1. The fraction of sp³-hybridized carbons (Fsp3) is 0.188. The molecule has 0 aliphatic carbocycles. The molecular weight excluding hydrogens is 238 g/mol. The highest BCUT2D eigenvalue weighted by Crippen LogP contribution is 2.16. The van der Waals surface area contributed by atoms with Crippen molar-refractivity contribution in [3.05, 3.63) is 59.7 Å². The van der Waals surface area contributed by atoms with Crippen molar-refractivity contribution in [2.45, 2.75) is 6.92 Å². The van der Waals surface area contributed by atoms with E-state index in [-0.39, 0.29) is 5.78 Å². The van der Waals surface area contributed by atoms with Gasteiger partial charge in [-0.1, -0.05) is 0 Å². The van der Waals surface area contributed by atoms with Crippen LogP contribution in [0.25, 0.3) is 0 Å². The fourth-order valence-electron chi connectivity index (χ4n) is 1.82. The second-order valence-electron chi connectivity index (χ2n) is 4.11. The third kappa shape index (κ3) is 3.13. The minimum Gasteiger partial charge on any atom is -0.494 e. The van der Waals surface area contributed by atoms with Crippen molar-refractivity contribution in [2.75, 3.05) is 19.0 Å². The molecule has 2 aromatic carbocycles. The average molecular weight is 255 g/mol. The Balaban J connectivity index is 2.18. The first-order valence-electron chi connectivity index (χ1n) is 6.30. The Bertz CT molecular complexity index is 544. The van der Waals surface area contributed by atoms with Gasteiger partial charge < -0.3 is 10.1 Å². The van der Waals surface area contributed by atoms with Gasteiger partial charge in [0, 0.05) is 23.9 Å². The predicted molar refractivity (Wildman–Crippen MR) is 77.0 cm³/mol. The predicted octanol–water partition coefficient (Wildman–Crippen LogP) is 3.36. The summed E-state index contributed by atoms with van der Waals surface area (Å²) in [7, 11) is 1.85. The molecule has 2 aromatic rings. The normalized spacial score (nSPS) is 10.0. The number of rotatable bonds is 5. The summed E-state index contributed by atoms with van der Waals surface area (Å²) in [6.45, 7) is 2.56. The summed E-state index contributed by atoms with van der Waals surface area (Å²) in [6, 6.07) is 14.6. The van der Waals surface area contributed by atoms with Gasteiger partial charge in [0.25, 0.3) is 0 Å². The molecule has 0 unspecified atom stereocenters. The van der Waals surface area contributed by atoms with Gasteiger partial charge in [-0.2, -0.15) is 0 Å². The summed E-state index contributed by atoms with van der Waals surface area (Å²) >= 11 is 0. The Labute approximate surface area is 113 Å². The molecule has 0 bridgehead atoms. The molecule has 3 heteroatoms. The van der Waals surface area contributed by atoms with E-state index in [1.807, 2.05) is 50.4 Å². The third-order valence-corrected chi connectivity index (χ3v) is 2.86. The third-order valence-electron chi connectivity index (χ3n) is 2.86. The van der Waals surface area contributed by atoms with Crippen molar-refractivity contribution in [2.24, 2.45) is 0 Å². The van der Waals surface area contributed by atoms with Gasteiger partial charge in [0.15, 0.2) is 5.78 Å². The van der Waals surface area contributed by atoms with Gasteiger partial charge in [-0.05, 0) is 55.5 Å². The molecule has 0 aliphatic heterocycles. The topological polar surface area (TPSA) is 38.3 Å². The number of benzene rings is 2. The molecule has 2 rings (SSSR count). The standard InChI is InChI=1S/C16H17NO2/c1-3-19-15-10-6-13(7-11-15)16(18)12-4-8-14(17-2)9-5-12/h4-11,17H,3H2,1-2H3. The van der Waals surface area contributed by atoms with E-state index in [1.165, 1.54) is 0 Å². The van der Waals surface area contributed by atoms with Crippen LogP contribution < -0.4 is 10.1 Å². The lowest BCUT2D eigenvalue weighted by atomic mass is 10.0. The molecule has 0 atom stereocenters. The minimum absolute atomic E-state index is 0.0192. The van der Waals surface area contributed by atoms with Crippen LogP contribution in [0.15, 0.2) is 48.5 Å². The summed E-state index contributed by atoms with van der Waals surface area (Å²) in [5.74, 6) is 0.801. The maximum atomic E-state index is 12.3. The fourth-order valence-corrected chi connectivity index (χ4v) is 1.82. The first-order chi connectivity index (χ1) is 9.24. The molecule has 0 radical (unpaired) electrons. The average Bonchev–Trinajstić information content (AvgIpc) is 2.48. The van der Waals surface area contributed by atoms with Crippen LogP contribution >= 0.6 is 0 Å². The van der Waals surface area contributed by atoms with E-state index >= 15 is 0 Å². The second kappa shape index (κ2) is 6.05. The maximum Gasteiger partial charge on any atom is 0.193 e. The van der Waals surface area contributed by atoms with E-state index in [4.69, 9.17) is 4.74 Å². The lowest BCUT2D eigenvalue weighted by molar-refractivity contribution is 0.103. The van der Waals surface area contributed by atoms with Crippen LogP contribution in [0.4, 0.5) is 5.69 Å². The van der Waals surface area contributed by atoms with E-state index in [0.717, 1.165) is 11.4 Å². The number of ketones is 1. The van der Waals surface area contributed by atoms with Crippen molar-refractivity contribution in [1.82, 2.24) is 0 Å². The van der Waals surface area contributed by atoms with Crippen molar-refractivity contribution in [3.63, 3.8) is 0 Å². The zero-order valence-corrected chi connectivity index (χ0v) is 11.1. The lowest BCUT2D eigenvalue weighted by Gasteiger charge is -2.05. The van der Waals surface area contributed by atoms with Gasteiger partial charge in [0.2, 0.25) is 0 Å². The van der Waals surface area contributed by atoms with Crippen LogP contribution in [0.2, 0.25) is 0 Å². The summed E-state index contributed by atoms with van der Waals surface area (Å²) in [6.07, 6.45) is 0. The SMILES string of the molecule is CCOc1ccc(C(=O)c2ccc(NC)cc2)cc1. The summed E-state index contributed by atoms with van der Waals surface area (Å²) in [4.78, 5) is 12.3. The smallest absolute Gasteiger partial charge is 0.193 e. The molecule has 98 valence electrons. The van der Waals surface area contributed by atoms with Crippen LogP contribution in [0, 0.1) is 0 Å². The first-order valence-corrected chi connectivity index (χ1v) is 6.30. The Morgan fingerprint density at radius 1 is 1.00 bits per heavy atom. The molecule has 0 saturated carbocycles. The molecular formula is C16H17NO2. The Hall–Kier alpha value is -2.29. The number of carbonyl (C=O) groups excluding carboxylic acids is 1. The van der Waals surface area contributed by atoms with Crippen molar-refractivity contribution in [3.8, 4) is 5.75 Å². The highest BCUT2D eigenvalue weighted by atomic mass is 16.5. The molecule has 0 spiro atoms. The number of ether oxygens (including phenoxy) is 1. The maximum absolute atomic E-state index is 12.3. The number of hydrogen-bond donors (Lipinski definition) is 1. The van der Waals surface area contributed by atoms with Crippen molar-refractivity contribution in [1.29, 1.82) is 0 Å². The zero-order chi connectivity index (χ0) is 13.7. The quantitative estimate of drug-likeness (QED) is 0.832. The lowest BCUT2D eigenvalue weighted by Crippen LogP contribution is -2.01. The Morgan fingerprint density at radius 3 is 2.00 bits per heavy atom. The number of nitrogens with one attached hydrogen (secondary N) is 1. The van der Waals surface area contributed by atoms with Crippen molar-refractivity contribution < 1.29 is 9.53 Å². The second-order valence-corrected chi connectivity index (χ2v) is 4.11. The molecule has 0 aromatic heterocycles. The first kappa shape index (κ1) is 13.1.